The van der Waals surface area contributed by atoms with Gasteiger partial charge in [0.1, 0.15) is 0 Å². The van der Waals surface area contributed by atoms with E-state index in [1.807, 2.05) is 0 Å². The maximum Gasteiger partial charge on any atom is 0.271 e. The molecule has 0 unspecified atom stereocenters. The maximum atomic E-state index is 5.94. The van der Waals surface area contributed by atoms with Crippen molar-refractivity contribution in [1.29, 1.82) is 0 Å². The van der Waals surface area contributed by atoms with E-state index < -0.39 is 6.48 Å². The second-order valence-electron chi connectivity index (χ2n) is 9.27. The van der Waals surface area contributed by atoms with Gasteiger partial charge in [-0.2, -0.15) is 0 Å². The van der Waals surface area contributed by atoms with Crippen molar-refractivity contribution >= 4 is 0 Å². The third kappa shape index (κ3) is 26.0. The summed E-state index contributed by atoms with van der Waals surface area (Å²) >= 11 is 0. The van der Waals surface area contributed by atoms with E-state index in [0.717, 1.165) is 39.1 Å². The predicted octanol–water partition coefficient (Wildman–Crippen LogP) is 9.57. The number of ether oxygens (including phenoxy) is 3. The van der Waals surface area contributed by atoms with Crippen LogP contribution in [-0.4, -0.2) is 26.3 Å². The van der Waals surface area contributed by atoms with Crippen LogP contribution in [-0.2, 0) is 14.2 Å². The molecule has 188 valence electrons. The third-order valence-corrected chi connectivity index (χ3v) is 6.01. The molecule has 0 radical (unpaired) electrons. The summed E-state index contributed by atoms with van der Waals surface area (Å²) in [7, 11) is 0. The molecule has 0 aromatic rings. The van der Waals surface area contributed by atoms with Gasteiger partial charge in [0.05, 0.1) is 19.8 Å². The first-order chi connectivity index (χ1) is 15.3. The zero-order valence-corrected chi connectivity index (χ0v) is 21.8. The largest absolute Gasteiger partial charge is 0.330 e. The highest BCUT2D eigenvalue weighted by Crippen LogP contribution is 2.11. The van der Waals surface area contributed by atoms with Crippen LogP contribution in [0.15, 0.2) is 0 Å². The number of unbranched alkanes of at least 4 members (excludes halogenated alkanes) is 18. The average Bonchev–Trinajstić information content (AvgIpc) is 2.78. The van der Waals surface area contributed by atoms with Gasteiger partial charge in [-0.25, -0.2) is 0 Å². The van der Waals surface area contributed by atoms with E-state index in [0.29, 0.717) is 0 Å². The van der Waals surface area contributed by atoms with E-state index in [2.05, 4.69) is 20.8 Å². The first-order valence-corrected chi connectivity index (χ1v) is 14.2. The van der Waals surface area contributed by atoms with Gasteiger partial charge in [0.25, 0.3) is 6.48 Å². The van der Waals surface area contributed by atoms with Crippen molar-refractivity contribution in [1.82, 2.24) is 0 Å². The van der Waals surface area contributed by atoms with E-state index >= 15 is 0 Å². The molecule has 0 aliphatic heterocycles. The molecule has 0 heterocycles. The number of hydrogen-bond donors (Lipinski definition) is 0. The molecule has 0 saturated carbocycles. The van der Waals surface area contributed by atoms with Gasteiger partial charge in [-0.15, -0.1) is 0 Å². The highest BCUT2D eigenvalue weighted by atomic mass is 16.8. The molecule has 31 heavy (non-hydrogen) atoms. The molecule has 0 N–H and O–H groups in total. The molecule has 3 heteroatoms. The lowest BCUT2D eigenvalue weighted by Gasteiger charge is -2.19. The van der Waals surface area contributed by atoms with Gasteiger partial charge in [0.2, 0.25) is 0 Å². The minimum Gasteiger partial charge on any atom is -0.330 e. The molecule has 0 aliphatic carbocycles. The van der Waals surface area contributed by atoms with Crippen LogP contribution in [0.1, 0.15) is 156 Å². The van der Waals surface area contributed by atoms with E-state index in [1.165, 1.54) is 116 Å². The van der Waals surface area contributed by atoms with Crippen LogP contribution in [0, 0.1) is 0 Å². The van der Waals surface area contributed by atoms with E-state index in [4.69, 9.17) is 14.2 Å². The number of hydrogen-bond acceptors (Lipinski definition) is 3. The van der Waals surface area contributed by atoms with Crippen molar-refractivity contribution in [3.63, 3.8) is 0 Å². The Labute approximate surface area is 196 Å². The summed E-state index contributed by atoms with van der Waals surface area (Å²) in [5.41, 5.74) is 0. The molecule has 0 aliphatic rings. The Morgan fingerprint density at radius 3 is 0.806 bits per heavy atom. The molecule has 0 aromatic carbocycles. The second-order valence-corrected chi connectivity index (χ2v) is 9.27. The Kier molecular flexibility index (Phi) is 27.8. The first-order valence-electron chi connectivity index (χ1n) is 14.2. The highest BCUT2D eigenvalue weighted by Gasteiger charge is 2.09. The fourth-order valence-electron chi connectivity index (χ4n) is 3.86. The van der Waals surface area contributed by atoms with Gasteiger partial charge < -0.3 is 14.2 Å². The van der Waals surface area contributed by atoms with Crippen molar-refractivity contribution in [2.75, 3.05) is 19.8 Å². The molecule has 0 atom stereocenters. The van der Waals surface area contributed by atoms with Crippen LogP contribution < -0.4 is 0 Å². The van der Waals surface area contributed by atoms with Gasteiger partial charge in [0, 0.05) is 0 Å². The molecule has 0 rings (SSSR count). The van der Waals surface area contributed by atoms with Crippen molar-refractivity contribution in [3.8, 4) is 0 Å². The maximum absolute atomic E-state index is 5.94. The van der Waals surface area contributed by atoms with Gasteiger partial charge in [-0.1, -0.05) is 136 Å². The topological polar surface area (TPSA) is 27.7 Å². The van der Waals surface area contributed by atoms with E-state index in [1.54, 1.807) is 0 Å². The highest BCUT2D eigenvalue weighted by molar-refractivity contribution is 4.48. The Morgan fingerprint density at radius 2 is 0.548 bits per heavy atom. The summed E-state index contributed by atoms with van der Waals surface area (Å²) in [6.45, 7) is 8.62. The van der Waals surface area contributed by atoms with Gasteiger partial charge in [-0.3, -0.25) is 0 Å². The lowest BCUT2D eigenvalue weighted by molar-refractivity contribution is -0.288. The molecule has 0 amide bonds. The molecular formula is C28H58O3. The standard InChI is InChI=1S/C28H58O3/c1-4-7-10-13-16-19-22-25-29-28(30-26-23-20-17-14-11-8-5-2)31-27-24-21-18-15-12-9-6-3/h28H,4-27H2,1-3H3. The van der Waals surface area contributed by atoms with Crippen LogP contribution in [0.4, 0.5) is 0 Å². The second kappa shape index (κ2) is 27.9. The van der Waals surface area contributed by atoms with Gasteiger partial charge >= 0.3 is 0 Å². The van der Waals surface area contributed by atoms with Crippen LogP contribution >= 0.6 is 0 Å². The Balaban J connectivity index is 3.82. The molecular weight excluding hydrogens is 384 g/mol. The van der Waals surface area contributed by atoms with Crippen molar-refractivity contribution in [2.45, 2.75) is 162 Å². The predicted molar refractivity (Wildman–Crippen MR) is 136 cm³/mol. The van der Waals surface area contributed by atoms with Crippen molar-refractivity contribution in [3.05, 3.63) is 0 Å². The monoisotopic (exact) mass is 442 g/mol. The Bertz CT molecular complexity index is 261. The van der Waals surface area contributed by atoms with Crippen LogP contribution in [0.3, 0.4) is 0 Å². The third-order valence-electron chi connectivity index (χ3n) is 6.01. The lowest BCUT2D eigenvalue weighted by Crippen LogP contribution is -2.23. The number of rotatable bonds is 27. The Hall–Kier alpha value is -0.120. The fourth-order valence-corrected chi connectivity index (χ4v) is 3.86. The zero-order valence-electron chi connectivity index (χ0n) is 21.8. The first kappa shape index (κ1) is 30.9. The molecule has 0 bridgehead atoms. The van der Waals surface area contributed by atoms with Crippen molar-refractivity contribution in [2.24, 2.45) is 0 Å². The minimum absolute atomic E-state index is 0.458. The lowest BCUT2D eigenvalue weighted by atomic mass is 10.1. The van der Waals surface area contributed by atoms with Crippen molar-refractivity contribution < 1.29 is 14.2 Å². The summed E-state index contributed by atoms with van der Waals surface area (Å²) in [4.78, 5) is 0. The molecule has 0 spiro atoms. The van der Waals surface area contributed by atoms with Crippen LogP contribution in [0.5, 0.6) is 0 Å². The molecule has 0 aromatic heterocycles. The smallest absolute Gasteiger partial charge is 0.271 e. The molecule has 0 saturated heterocycles. The Morgan fingerprint density at radius 1 is 0.323 bits per heavy atom. The molecule has 3 nitrogen and oxygen atoms in total. The van der Waals surface area contributed by atoms with Gasteiger partial charge in [-0.05, 0) is 19.3 Å². The summed E-state index contributed by atoms with van der Waals surface area (Å²) in [5.74, 6) is 0. The van der Waals surface area contributed by atoms with Gasteiger partial charge in [0.15, 0.2) is 0 Å². The zero-order chi connectivity index (χ0) is 22.7. The minimum atomic E-state index is -0.458. The fraction of sp³-hybridized carbons (Fsp3) is 1.00. The SMILES string of the molecule is CCCCCCCCCOC(OCCCCCCCCC)OCCCCCCCCC. The van der Waals surface area contributed by atoms with Crippen LogP contribution in [0.25, 0.3) is 0 Å². The normalized spacial score (nSPS) is 11.6. The molecule has 0 fully saturated rings. The summed E-state index contributed by atoms with van der Waals surface area (Å²) in [6.07, 6.45) is 27.4. The summed E-state index contributed by atoms with van der Waals surface area (Å²) in [5, 5.41) is 0. The summed E-state index contributed by atoms with van der Waals surface area (Å²) in [6, 6.07) is 0. The summed E-state index contributed by atoms with van der Waals surface area (Å²) < 4.78 is 17.8. The average molecular weight is 443 g/mol. The quantitative estimate of drug-likeness (QED) is 0.0936. The van der Waals surface area contributed by atoms with E-state index in [9.17, 15) is 0 Å². The van der Waals surface area contributed by atoms with Crippen LogP contribution in [0.2, 0.25) is 0 Å². The van der Waals surface area contributed by atoms with E-state index in [-0.39, 0.29) is 0 Å².